The molecular formula is C19H17BrF2N2O2S. The summed E-state index contributed by atoms with van der Waals surface area (Å²) in [5.41, 5.74) is 0.111. The summed E-state index contributed by atoms with van der Waals surface area (Å²) in [5, 5.41) is 0. The Bertz CT molecular complexity index is 840. The van der Waals surface area contributed by atoms with E-state index in [1.54, 1.807) is 9.80 Å². The fourth-order valence-electron chi connectivity index (χ4n) is 2.74. The van der Waals surface area contributed by atoms with Gasteiger partial charge in [0.25, 0.3) is 5.91 Å². The summed E-state index contributed by atoms with van der Waals surface area (Å²) in [6.45, 7) is 1.59. The van der Waals surface area contributed by atoms with E-state index in [4.69, 9.17) is 0 Å². The molecule has 0 aromatic heterocycles. The number of amides is 2. The van der Waals surface area contributed by atoms with Crippen LogP contribution in [0.4, 0.5) is 8.78 Å². The van der Waals surface area contributed by atoms with Crippen LogP contribution in [0.1, 0.15) is 10.4 Å². The largest absolute Gasteiger partial charge is 0.338 e. The smallest absolute Gasteiger partial charge is 0.254 e. The second kappa shape index (κ2) is 8.84. The van der Waals surface area contributed by atoms with Gasteiger partial charge >= 0.3 is 0 Å². The van der Waals surface area contributed by atoms with E-state index in [1.165, 1.54) is 17.8 Å². The number of carbonyl (C=O) groups excluding carboxylic acids is 2. The monoisotopic (exact) mass is 454 g/mol. The molecule has 0 unspecified atom stereocenters. The minimum absolute atomic E-state index is 0.0165. The first-order chi connectivity index (χ1) is 12.9. The summed E-state index contributed by atoms with van der Waals surface area (Å²) in [7, 11) is 0. The quantitative estimate of drug-likeness (QED) is 0.659. The van der Waals surface area contributed by atoms with Gasteiger partial charge in [0.05, 0.1) is 5.75 Å². The molecule has 0 atom stereocenters. The number of carbonyl (C=O) groups is 2. The third-order valence-electron chi connectivity index (χ3n) is 4.26. The normalized spacial score (nSPS) is 14.3. The summed E-state index contributed by atoms with van der Waals surface area (Å²) in [6, 6.07) is 10.9. The van der Waals surface area contributed by atoms with Gasteiger partial charge in [0, 0.05) is 41.1 Å². The fourth-order valence-corrected chi connectivity index (χ4v) is 3.80. The Morgan fingerprint density at radius 2 is 1.56 bits per heavy atom. The maximum absolute atomic E-state index is 13.3. The summed E-state index contributed by atoms with van der Waals surface area (Å²) in [6.07, 6.45) is 0. The van der Waals surface area contributed by atoms with Crippen LogP contribution < -0.4 is 0 Å². The topological polar surface area (TPSA) is 40.6 Å². The van der Waals surface area contributed by atoms with Crippen LogP contribution in [0.15, 0.2) is 51.8 Å². The average molecular weight is 455 g/mol. The van der Waals surface area contributed by atoms with Crippen molar-refractivity contribution in [3.8, 4) is 0 Å². The predicted octanol–water partition coefficient (Wildman–Crippen LogP) is 3.80. The van der Waals surface area contributed by atoms with Crippen molar-refractivity contribution < 1.29 is 18.4 Å². The van der Waals surface area contributed by atoms with E-state index in [2.05, 4.69) is 15.9 Å². The van der Waals surface area contributed by atoms with E-state index in [0.29, 0.717) is 31.9 Å². The van der Waals surface area contributed by atoms with E-state index in [0.717, 1.165) is 21.5 Å². The van der Waals surface area contributed by atoms with E-state index in [1.807, 2.05) is 24.3 Å². The van der Waals surface area contributed by atoms with Crippen LogP contribution in [0, 0.1) is 11.6 Å². The highest BCUT2D eigenvalue weighted by molar-refractivity contribution is 9.10. The van der Waals surface area contributed by atoms with Gasteiger partial charge in [-0.05, 0) is 42.5 Å². The lowest BCUT2D eigenvalue weighted by atomic mass is 10.1. The van der Waals surface area contributed by atoms with Crippen LogP contribution >= 0.6 is 27.7 Å². The Labute approximate surface area is 168 Å². The molecule has 0 N–H and O–H groups in total. The number of hydrogen-bond donors (Lipinski definition) is 0. The first-order valence-electron chi connectivity index (χ1n) is 8.34. The third kappa shape index (κ3) is 5.07. The van der Waals surface area contributed by atoms with Gasteiger partial charge in [0.1, 0.15) is 0 Å². The molecule has 8 heteroatoms. The molecule has 2 aromatic carbocycles. The van der Waals surface area contributed by atoms with Crippen molar-refractivity contribution in [3.05, 3.63) is 64.1 Å². The number of nitrogens with zero attached hydrogens (tertiary/aromatic N) is 2. The van der Waals surface area contributed by atoms with Crippen molar-refractivity contribution in [1.29, 1.82) is 0 Å². The molecule has 1 heterocycles. The van der Waals surface area contributed by atoms with Crippen LogP contribution in [-0.4, -0.2) is 53.5 Å². The van der Waals surface area contributed by atoms with Gasteiger partial charge in [0.15, 0.2) is 11.6 Å². The molecule has 0 spiro atoms. The van der Waals surface area contributed by atoms with Crippen LogP contribution in [0.3, 0.4) is 0 Å². The van der Waals surface area contributed by atoms with E-state index in [9.17, 15) is 18.4 Å². The van der Waals surface area contributed by atoms with Crippen LogP contribution in [0.5, 0.6) is 0 Å². The van der Waals surface area contributed by atoms with Gasteiger partial charge in [-0.25, -0.2) is 8.78 Å². The minimum Gasteiger partial charge on any atom is -0.338 e. The predicted molar refractivity (Wildman–Crippen MR) is 104 cm³/mol. The number of thioether (sulfide) groups is 1. The van der Waals surface area contributed by atoms with Gasteiger partial charge < -0.3 is 9.80 Å². The zero-order valence-electron chi connectivity index (χ0n) is 14.3. The molecule has 2 aromatic rings. The Morgan fingerprint density at radius 3 is 2.19 bits per heavy atom. The highest BCUT2D eigenvalue weighted by Crippen LogP contribution is 2.21. The maximum Gasteiger partial charge on any atom is 0.254 e. The summed E-state index contributed by atoms with van der Waals surface area (Å²) in [4.78, 5) is 29.1. The molecule has 2 amide bonds. The highest BCUT2D eigenvalue weighted by atomic mass is 79.9. The molecule has 1 saturated heterocycles. The number of piperazine rings is 1. The molecule has 0 saturated carbocycles. The molecule has 3 rings (SSSR count). The van der Waals surface area contributed by atoms with E-state index < -0.39 is 11.6 Å². The number of benzene rings is 2. The van der Waals surface area contributed by atoms with Gasteiger partial charge in [-0.1, -0.05) is 15.9 Å². The Kier molecular flexibility index (Phi) is 6.49. The lowest BCUT2D eigenvalue weighted by molar-refractivity contribution is -0.129. The maximum atomic E-state index is 13.3. The SMILES string of the molecule is O=C(CSc1ccc(Br)cc1)N1CCN(C(=O)c2ccc(F)c(F)c2)CC1. The Balaban J connectivity index is 1.50. The van der Waals surface area contributed by atoms with Crippen LogP contribution in [0.25, 0.3) is 0 Å². The van der Waals surface area contributed by atoms with E-state index in [-0.39, 0.29) is 17.4 Å². The molecular weight excluding hydrogens is 438 g/mol. The lowest BCUT2D eigenvalue weighted by Gasteiger charge is -2.34. The standard InChI is InChI=1S/C19H17BrF2N2O2S/c20-14-2-4-15(5-3-14)27-12-18(25)23-7-9-24(10-8-23)19(26)13-1-6-16(21)17(22)11-13/h1-6,11H,7-10,12H2. The van der Waals surface area contributed by atoms with Gasteiger partial charge in [-0.3, -0.25) is 9.59 Å². The molecule has 1 fully saturated rings. The zero-order valence-corrected chi connectivity index (χ0v) is 16.7. The van der Waals surface area contributed by atoms with Crippen molar-refractivity contribution in [2.24, 2.45) is 0 Å². The molecule has 4 nitrogen and oxygen atoms in total. The average Bonchev–Trinajstić information content (AvgIpc) is 2.69. The summed E-state index contributed by atoms with van der Waals surface area (Å²) in [5.74, 6) is -2.03. The van der Waals surface area contributed by atoms with Crippen molar-refractivity contribution in [2.75, 3.05) is 31.9 Å². The van der Waals surface area contributed by atoms with Crippen molar-refractivity contribution in [2.45, 2.75) is 4.90 Å². The van der Waals surface area contributed by atoms with Crippen molar-refractivity contribution in [1.82, 2.24) is 9.80 Å². The number of halogens is 3. The van der Waals surface area contributed by atoms with Crippen LogP contribution in [0.2, 0.25) is 0 Å². The Hall–Kier alpha value is -1.93. The van der Waals surface area contributed by atoms with E-state index >= 15 is 0 Å². The van der Waals surface area contributed by atoms with Gasteiger partial charge in [-0.15, -0.1) is 11.8 Å². The summed E-state index contributed by atoms with van der Waals surface area (Å²) >= 11 is 4.84. The molecule has 0 bridgehead atoms. The first kappa shape index (κ1) is 19.8. The summed E-state index contributed by atoms with van der Waals surface area (Å²) < 4.78 is 27.3. The minimum atomic E-state index is -1.04. The number of hydrogen-bond acceptors (Lipinski definition) is 3. The van der Waals surface area contributed by atoms with Crippen molar-refractivity contribution in [3.63, 3.8) is 0 Å². The second-order valence-electron chi connectivity index (χ2n) is 6.04. The molecule has 142 valence electrons. The molecule has 1 aliphatic rings. The molecule has 0 aliphatic carbocycles. The third-order valence-corrected chi connectivity index (χ3v) is 5.79. The lowest BCUT2D eigenvalue weighted by Crippen LogP contribution is -2.51. The highest BCUT2D eigenvalue weighted by Gasteiger charge is 2.25. The van der Waals surface area contributed by atoms with Crippen LogP contribution in [-0.2, 0) is 4.79 Å². The van der Waals surface area contributed by atoms with Gasteiger partial charge in [0.2, 0.25) is 5.91 Å². The second-order valence-corrected chi connectivity index (χ2v) is 8.01. The molecule has 27 heavy (non-hydrogen) atoms. The van der Waals surface area contributed by atoms with Crippen molar-refractivity contribution >= 4 is 39.5 Å². The zero-order chi connectivity index (χ0) is 19.4. The Morgan fingerprint density at radius 1 is 0.926 bits per heavy atom. The van der Waals surface area contributed by atoms with Gasteiger partial charge in [-0.2, -0.15) is 0 Å². The molecule has 1 aliphatic heterocycles. The number of rotatable bonds is 4. The molecule has 0 radical (unpaired) electrons. The fraction of sp³-hybridized carbons (Fsp3) is 0.263. The first-order valence-corrected chi connectivity index (χ1v) is 10.1.